The zero-order valence-electron chi connectivity index (χ0n) is 15.8. The third kappa shape index (κ3) is 6.29. The molecule has 1 heterocycles. The fourth-order valence-electron chi connectivity index (χ4n) is 2.78. The summed E-state index contributed by atoms with van der Waals surface area (Å²) in [5.74, 6) is 1.54. The quantitative estimate of drug-likeness (QED) is 0.325. The van der Waals surface area contributed by atoms with E-state index in [1.165, 1.54) is 50.5 Å². The first kappa shape index (κ1) is 19.6. The normalized spacial score (nSPS) is 16.0. The van der Waals surface area contributed by atoms with Crippen molar-refractivity contribution in [2.24, 2.45) is 0 Å². The summed E-state index contributed by atoms with van der Waals surface area (Å²) >= 11 is 0. The molecule has 0 radical (unpaired) electrons. The molecule has 0 aromatic heterocycles. The predicted molar refractivity (Wildman–Crippen MR) is 99.0 cm³/mol. The number of ether oxygens (including phenoxy) is 2. The highest BCUT2D eigenvalue weighted by Crippen LogP contribution is 2.33. The van der Waals surface area contributed by atoms with E-state index in [1.807, 2.05) is 6.92 Å². The van der Waals surface area contributed by atoms with E-state index in [4.69, 9.17) is 9.47 Å². The average molecular weight is 319 g/mol. The van der Waals surface area contributed by atoms with Crippen LogP contribution in [0.5, 0.6) is 0 Å². The summed E-state index contributed by atoms with van der Waals surface area (Å²) in [6.07, 6.45) is 12.4. The van der Waals surface area contributed by atoms with Gasteiger partial charge in [0.25, 0.3) is 5.95 Å². The fourth-order valence-corrected chi connectivity index (χ4v) is 2.78. The maximum atomic E-state index is 5.88. The molecule has 0 amide bonds. The van der Waals surface area contributed by atoms with Crippen LogP contribution < -0.4 is 0 Å². The maximum absolute atomic E-state index is 5.88. The van der Waals surface area contributed by atoms with Crippen molar-refractivity contribution in [2.75, 3.05) is 7.11 Å². The second kappa shape index (κ2) is 10.4. The van der Waals surface area contributed by atoms with E-state index in [9.17, 15) is 0 Å². The average Bonchev–Trinajstić information content (AvgIpc) is 2.55. The third-order valence-corrected chi connectivity index (χ3v) is 4.59. The second-order valence-corrected chi connectivity index (χ2v) is 6.52. The molecule has 0 saturated heterocycles. The van der Waals surface area contributed by atoms with Gasteiger partial charge < -0.3 is 9.47 Å². The highest BCUT2D eigenvalue weighted by Gasteiger charge is 2.20. The van der Waals surface area contributed by atoms with Crippen LogP contribution in [-0.2, 0) is 9.47 Å². The smallest absolute Gasteiger partial charge is 0.287 e. The van der Waals surface area contributed by atoms with Crippen LogP contribution in [0.3, 0.4) is 0 Å². The Kier molecular flexibility index (Phi) is 8.83. The van der Waals surface area contributed by atoms with Crippen molar-refractivity contribution in [1.82, 2.24) is 0 Å². The minimum atomic E-state index is 0.581. The molecular formula is C21H34O2. The van der Waals surface area contributed by atoms with Gasteiger partial charge in [-0.05, 0) is 44.8 Å². The van der Waals surface area contributed by atoms with Crippen molar-refractivity contribution in [3.05, 3.63) is 46.7 Å². The summed E-state index contributed by atoms with van der Waals surface area (Å²) in [7, 11) is 1.64. The molecule has 0 aliphatic carbocycles. The molecule has 130 valence electrons. The van der Waals surface area contributed by atoms with Gasteiger partial charge in [-0.25, -0.2) is 0 Å². The Balaban J connectivity index is 2.45. The zero-order chi connectivity index (χ0) is 17.2. The highest BCUT2D eigenvalue weighted by atomic mass is 16.7. The topological polar surface area (TPSA) is 18.5 Å². The van der Waals surface area contributed by atoms with E-state index >= 15 is 0 Å². The molecule has 23 heavy (non-hydrogen) atoms. The monoisotopic (exact) mass is 318 g/mol. The number of allylic oxidation sites excluding steroid dienone is 5. The summed E-state index contributed by atoms with van der Waals surface area (Å²) in [5, 5.41) is 0. The van der Waals surface area contributed by atoms with Gasteiger partial charge >= 0.3 is 0 Å². The van der Waals surface area contributed by atoms with Crippen LogP contribution in [0.1, 0.15) is 79.1 Å². The van der Waals surface area contributed by atoms with E-state index < -0.39 is 0 Å². The number of hydrogen-bond acceptors (Lipinski definition) is 2. The van der Waals surface area contributed by atoms with E-state index in [2.05, 4.69) is 33.4 Å². The van der Waals surface area contributed by atoms with Crippen molar-refractivity contribution in [3.8, 4) is 0 Å². The largest absolute Gasteiger partial charge is 0.468 e. The Labute approximate surface area is 143 Å². The summed E-state index contributed by atoms with van der Waals surface area (Å²) in [6, 6.07) is 0. The molecule has 0 bridgehead atoms. The highest BCUT2D eigenvalue weighted by molar-refractivity contribution is 5.47. The van der Waals surface area contributed by atoms with E-state index in [-0.39, 0.29) is 0 Å². The van der Waals surface area contributed by atoms with Gasteiger partial charge in [0.2, 0.25) is 0 Å². The Morgan fingerprint density at radius 3 is 2.39 bits per heavy atom. The Morgan fingerprint density at radius 2 is 1.74 bits per heavy atom. The molecule has 0 aromatic carbocycles. The minimum Gasteiger partial charge on any atom is -0.468 e. The van der Waals surface area contributed by atoms with Gasteiger partial charge in [-0.3, -0.25) is 0 Å². The molecule has 2 nitrogen and oxygen atoms in total. The van der Waals surface area contributed by atoms with Crippen molar-refractivity contribution >= 4 is 0 Å². The van der Waals surface area contributed by atoms with Crippen LogP contribution in [0.2, 0.25) is 0 Å². The number of unbranched alkanes of at least 4 members (excludes halogenated alkanes) is 5. The minimum absolute atomic E-state index is 0.581. The molecule has 0 saturated carbocycles. The maximum Gasteiger partial charge on any atom is 0.287 e. The SMILES string of the molecule is C=C1C(C)=C(C/C=C(\C)CCCCCCCC)OC(OC)=C1C. The molecule has 1 aliphatic rings. The van der Waals surface area contributed by atoms with Crippen LogP contribution in [0.4, 0.5) is 0 Å². The van der Waals surface area contributed by atoms with Gasteiger partial charge in [-0.15, -0.1) is 0 Å². The lowest BCUT2D eigenvalue weighted by atomic mass is 9.97. The molecule has 0 fully saturated rings. The fraction of sp³-hybridized carbons (Fsp3) is 0.619. The Morgan fingerprint density at radius 1 is 1.09 bits per heavy atom. The molecule has 0 atom stereocenters. The summed E-state index contributed by atoms with van der Waals surface area (Å²) in [5.41, 5.74) is 4.58. The summed E-state index contributed by atoms with van der Waals surface area (Å²) in [6.45, 7) is 12.7. The van der Waals surface area contributed by atoms with Gasteiger partial charge in [-0.1, -0.05) is 57.3 Å². The molecule has 0 aromatic rings. The number of hydrogen-bond donors (Lipinski definition) is 0. The van der Waals surface area contributed by atoms with Crippen LogP contribution in [0, 0.1) is 0 Å². The van der Waals surface area contributed by atoms with Gasteiger partial charge in [0.15, 0.2) is 0 Å². The number of rotatable bonds is 10. The summed E-state index contributed by atoms with van der Waals surface area (Å²) < 4.78 is 11.2. The van der Waals surface area contributed by atoms with Crippen molar-refractivity contribution in [1.29, 1.82) is 0 Å². The third-order valence-electron chi connectivity index (χ3n) is 4.59. The first-order valence-electron chi connectivity index (χ1n) is 8.99. The molecule has 1 aliphatic heterocycles. The second-order valence-electron chi connectivity index (χ2n) is 6.52. The molecule has 1 rings (SSSR count). The van der Waals surface area contributed by atoms with Crippen LogP contribution in [0.15, 0.2) is 46.7 Å². The standard InChI is InChI=1S/C21H34O2/c1-7-8-9-10-11-12-13-16(2)14-15-20-18(4)17(3)19(5)21(22-6)23-20/h14H,3,7-13,15H2,1-2,4-6H3/b16-14+. The van der Waals surface area contributed by atoms with Gasteiger partial charge in [0, 0.05) is 12.0 Å². The molecule has 0 spiro atoms. The van der Waals surface area contributed by atoms with Gasteiger partial charge in [-0.2, -0.15) is 0 Å². The summed E-state index contributed by atoms with van der Waals surface area (Å²) in [4.78, 5) is 0. The van der Waals surface area contributed by atoms with Crippen LogP contribution in [0.25, 0.3) is 0 Å². The van der Waals surface area contributed by atoms with E-state index in [0.29, 0.717) is 5.95 Å². The van der Waals surface area contributed by atoms with Crippen LogP contribution in [-0.4, -0.2) is 7.11 Å². The van der Waals surface area contributed by atoms with Crippen molar-refractivity contribution in [2.45, 2.75) is 79.1 Å². The number of methoxy groups -OCH3 is 1. The zero-order valence-corrected chi connectivity index (χ0v) is 15.8. The lowest BCUT2D eigenvalue weighted by molar-refractivity contribution is 0.0932. The molecular weight excluding hydrogens is 284 g/mol. The first-order chi connectivity index (χ1) is 11.0. The van der Waals surface area contributed by atoms with Gasteiger partial charge in [0.05, 0.1) is 7.11 Å². The van der Waals surface area contributed by atoms with Crippen molar-refractivity contribution in [3.63, 3.8) is 0 Å². The Hall–Kier alpha value is -1.44. The first-order valence-corrected chi connectivity index (χ1v) is 8.99. The predicted octanol–water partition coefficient (Wildman–Crippen LogP) is 6.81. The molecule has 2 heteroatoms. The van der Waals surface area contributed by atoms with E-state index in [0.717, 1.165) is 28.9 Å². The van der Waals surface area contributed by atoms with Crippen LogP contribution >= 0.6 is 0 Å². The van der Waals surface area contributed by atoms with Gasteiger partial charge in [0.1, 0.15) is 5.76 Å². The molecule has 0 N–H and O–H groups in total. The lowest BCUT2D eigenvalue weighted by Gasteiger charge is -2.23. The molecule has 0 unspecified atom stereocenters. The Bertz CT molecular complexity index is 492. The lowest BCUT2D eigenvalue weighted by Crippen LogP contribution is -2.09. The van der Waals surface area contributed by atoms with E-state index in [1.54, 1.807) is 7.11 Å². The van der Waals surface area contributed by atoms with Crippen molar-refractivity contribution < 1.29 is 9.47 Å².